The highest BCUT2D eigenvalue weighted by Crippen LogP contribution is 2.41. The van der Waals surface area contributed by atoms with Gasteiger partial charge in [0.15, 0.2) is 0 Å². The molecule has 4 heteroatoms. The van der Waals surface area contributed by atoms with E-state index < -0.39 is 0 Å². The summed E-state index contributed by atoms with van der Waals surface area (Å²) in [4.78, 5) is 26.9. The highest BCUT2D eigenvalue weighted by molar-refractivity contribution is 5.97. The molecule has 1 aliphatic carbocycles. The zero-order valence-corrected chi connectivity index (χ0v) is 12.6. The molecule has 2 rings (SSSR count). The van der Waals surface area contributed by atoms with Gasteiger partial charge >= 0.3 is 0 Å². The number of carbonyl (C=O) groups excluding carboxylic acids is 2. The molecule has 2 fully saturated rings. The van der Waals surface area contributed by atoms with E-state index in [-0.39, 0.29) is 41.8 Å². The number of nitrogens with one attached hydrogen (secondary N) is 1. The molecule has 1 N–H and O–H groups in total. The molecule has 108 valence electrons. The van der Waals surface area contributed by atoms with E-state index in [1.54, 1.807) is 0 Å². The van der Waals surface area contributed by atoms with E-state index in [9.17, 15) is 9.59 Å². The number of rotatable bonds is 4. The van der Waals surface area contributed by atoms with Crippen LogP contribution in [0.25, 0.3) is 0 Å². The van der Waals surface area contributed by atoms with E-state index in [1.165, 1.54) is 0 Å². The summed E-state index contributed by atoms with van der Waals surface area (Å²) < 4.78 is 0. The van der Waals surface area contributed by atoms with Crippen molar-refractivity contribution < 1.29 is 9.59 Å². The topological polar surface area (TPSA) is 49.4 Å². The monoisotopic (exact) mass is 266 g/mol. The van der Waals surface area contributed by atoms with Gasteiger partial charge in [0, 0.05) is 6.04 Å². The van der Waals surface area contributed by atoms with Gasteiger partial charge in [0.05, 0.1) is 0 Å². The first-order valence-corrected chi connectivity index (χ1v) is 7.51. The molecule has 0 spiro atoms. The van der Waals surface area contributed by atoms with Gasteiger partial charge in [-0.25, -0.2) is 0 Å². The lowest BCUT2D eigenvalue weighted by molar-refractivity contribution is -0.153. The number of nitrogens with zero attached hydrogens (tertiary/aromatic N) is 1. The van der Waals surface area contributed by atoms with Gasteiger partial charge in [0.1, 0.15) is 12.1 Å². The van der Waals surface area contributed by atoms with E-state index in [0.29, 0.717) is 5.92 Å². The molecular formula is C15H26N2O2. The third-order valence-electron chi connectivity index (χ3n) is 4.45. The van der Waals surface area contributed by atoms with Crippen LogP contribution in [0.5, 0.6) is 0 Å². The van der Waals surface area contributed by atoms with Gasteiger partial charge in [-0.3, -0.25) is 9.59 Å². The molecule has 1 saturated carbocycles. The number of carbonyl (C=O) groups is 2. The molecule has 1 aliphatic heterocycles. The fourth-order valence-electron chi connectivity index (χ4n) is 3.18. The summed E-state index contributed by atoms with van der Waals surface area (Å²) in [5.41, 5.74) is 0. The van der Waals surface area contributed by atoms with Crippen molar-refractivity contribution >= 4 is 11.8 Å². The Morgan fingerprint density at radius 2 is 1.84 bits per heavy atom. The van der Waals surface area contributed by atoms with Crippen LogP contribution in [0.1, 0.15) is 47.5 Å². The SMILES string of the molecule is CCC1CC1N1C(=O)C(C(C)C)NC(=O)C1C(C)C. The van der Waals surface area contributed by atoms with Crippen LogP contribution in [-0.4, -0.2) is 34.8 Å². The third kappa shape index (κ3) is 2.49. The maximum absolute atomic E-state index is 12.7. The third-order valence-corrected chi connectivity index (χ3v) is 4.45. The van der Waals surface area contributed by atoms with Crippen LogP contribution >= 0.6 is 0 Å². The number of amides is 2. The second-order valence-electron chi connectivity index (χ2n) is 6.64. The van der Waals surface area contributed by atoms with Gasteiger partial charge in [-0.1, -0.05) is 41.0 Å². The molecule has 0 radical (unpaired) electrons. The lowest BCUT2D eigenvalue weighted by Crippen LogP contribution is -2.66. The molecule has 1 saturated heterocycles. The van der Waals surface area contributed by atoms with Crippen molar-refractivity contribution in [3.8, 4) is 0 Å². The van der Waals surface area contributed by atoms with Crippen molar-refractivity contribution in [3.05, 3.63) is 0 Å². The predicted molar refractivity (Wildman–Crippen MR) is 74.4 cm³/mol. The van der Waals surface area contributed by atoms with E-state index >= 15 is 0 Å². The fourth-order valence-corrected chi connectivity index (χ4v) is 3.18. The van der Waals surface area contributed by atoms with Crippen molar-refractivity contribution in [3.63, 3.8) is 0 Å². The second kappa shape index (κ2) is 5.14. The minimum Gasteiger partial charge on any atom is -0.342 e. The molecule has 19 heavy (non-hydrogen) atoms. The van der Waals surface area contributed by atoms with Gasteiger partial charge in [-0.15, -0.1) is 0 Å². The van der Waals surface area contributed by atoms with Crippen LogP contribution in [0.3, 0.4) is 0 Å². The molecular weight excluding hydrogens is 240 g/mol. The molecule has 1 heterocycles. The van der Waals surface area contributed by atoms with Gasteiger partial charge in [0.25, 0.3) is 0 Å². The smallest absolute Gasteiger partial charge is 0.246 e. The van der Waals surface area contributed by atoms with Crippen LogP contribution < -0.4 is 5.32 Å². The number of hydrogen-bond acceptors (Lipinski definition) is 2. The van der Waals surface area contributed by atoms with Crippen LogP contribution in [0.15, 0.2) is 0 Å². The highest BCUT2D eigenvalue weighted by atomic mass is 16.2. The maximum Gasteiger partial charge on any atom is 0.246 e. The van der Waals surface area contributed by atoms with Crippen molar-refractivity contribution in [2.24, 2.45) is 17.8 Å². The van der Waals surface area contributed by atoms with Crippen LogP contribution in [0.4, 0.5) is 0 Å². The molecule has 0 bridgehead atoms. The molecule has 4 unspecified atom stereocenters. The molecule has 0 aromatic heterocycles. The average Bonchev–Trinajstić information content (AvgIpc) is 3.09. The second-order valence-corrected chi connectivity index (χ2v) is 6.64. The highest BCUT2D eigenvalue weighted by Gasteiger charge is 2.52. The Labute approximate surface area is 115 Å². The predicted octanol–water partition coefficient (Wildman–Crippen LogP) is 1.79. The zero-order valence-electron chi connectivity index (χ0n) is 12.6. The van der Waals surface area contributed by atoms with Gasteiger partial charge in [-0.2, -0.15) is 0 Å². The Hall–Kier alpha value is -1.06. The molecule has 4 atom stereocenters. The standard InChI is InChI=1S/C15H26N2O2/c1-6-10-7-11(10)17-13(9(4)5)14(18)16-12(8(2)3)15(17)19/h8-13H,6-7H2,1-5H3,(H,16,18). The molecule has 2 amide bonds. The van der Waals surface area contributed by atoms with Crippen LogP contribution in [0, 0.1) is 17.8 Å². The Morgan fingerprint density at radius 1 is 1.21 bits per heavy atom. The normalized spacial score (nSPS) is 35.0. The fraction of sp³-hybridized carbons (Fsp3) is 0.867. The molecule has 0 aromatic carbocycles. The molecule has 4 nitrogen and oxygen atoms in total. The number of piperazine rings is 1. The summed E-state index contributed by atoms with van der Waals surface area (Å²) in [6.07, 6.45) is 2.15. The van der Waals surface area contributed by atoms with Gasteiger partial charge < -0.3 is 10.2 Å². The van der Waals surface area contributed by atoms with Gasteiger partial charge in [0.2, 0.25) is 11.8 Å². The summed E-state index contributed by atoms with van der Waals surface area (Å²) in [6, 6.07) is -0.346. The van der Waals surface area contributed by atoms with Crippen molar-refractivity contribution in [1.82, 2.24) is 10.2 Å². The first-order valence-electron chi connectivity index (χ1n) is 7.51. The average molecular weight is 266 g/mol. The zero-order chi connectivity index (χ0) is 14.3. The lowest BCUT2D eigenvalue weighted by Gasteiger charge is -2.42. The van der Waals surface area contributed by atoms with E-state index in [2.05, 4.69) is 12.2 Å². The summed E-state index contributed by atoms with van der Waals surface area (Å²) in [5.74, 6) is 1.04. The van der Waals surface area contributed by atoms with Crippen LogP contribution in [-0.2, 0) is 9.59 Å². The first kappa shape index (κ1) is 14.4. The quantitative estimate of drug-likeness (QED) is 0.843. The summed E-state index contributed by atoms with van der Waals surface area (Å²) >= 11 is 0. The maximum atomic E-state index is 12.7. The molecule has 2 aliphatic rings. The lowest BCUT2D eigenvalue weighted by atomic mass is 9.92. The van der Waals surface area contributed by atoms with E-state index in [4.69, 9.17) is 0 Å². The van der Waals surface area contributed by atoms with Crippen molar-refractivity contribution in [1.29, 1.82) is 0 Å². The Morgan fingerprint density at radius 3 is 2.26 bits per heavy atom. The van der Waals surface area contributed by atoms with Crippen LogP contribution in [0.2, 0.25) is 0 Å². The van der Waals surface area contributed by atoms with Crippen molar-refractivity contribution in [2.45, 2.75) is 65.6 Å². The van der Waals surface area contributed by atoms with E-state index in [1.807, 2.05) is 32.6 Å². The Bertz CT molecular complexity index is 378. The first-order chi connectivity index (χ1) is 8.88. The summed E-state index contributed by atoms with van der Waals surface area (Å²) in [7, 11) is 0. The minimum atomic E-state index is -0.347. The summed E-state index contributed by atoms with van der Waals surface area (Å²) in [6.45, 7) is 10.2. The Balaban J connectivity index is 2.26. The molecule has 0 aromatic rings. The summed E-state index contributed by atoms with van der Waals surface area (Å²) in [5, 5.41) is 2.91. The van der Waals surface area contributed by atoms with E-state index in [0.717, 1.165) is 12.8 Å². The van der Waals surface area contributed by atoms with Gasteiger partial charge in [-0.05, 0) is 24.2 Å². The minimum absolute atomic E-state index is 0.0232. The van der Waals surface area contributed by atoms with Crippen molar-refractivity contribution in [2.75, 3.05) is 0 Å². The number of hydrogen-bond donors (Lipinski definition) is 1. The Kier molecular flexibility index (Phi) is 3.88. The largest absolute Gasteiger partial charge is 0.342 e.